The topological polar surface area (TPSA) is 70.1 Å². The highest BCUT2D eigenvalue weighted by Gasteiger charge is 2.32. The Kier molecular flexibility index (Phi) is 3.73. The van der Waals surface area contributed by atoms with E-state index in [4.69, 9.17) is 22.6 Å². The number of benzene rings is 1. The average Bonchev–Trinajstić information content (AvgIpc) is 3.12. The van der Waals surface area contributed by atoms with Crippen LogP contribution in [0.5, 0.6) is 0 Å². The predicted octanol–water partition coefficient (Wildman–Crippen LogP) is 2.44. The second-order valence-electron chi connectivity index (χ2n) is 4.41. The molecule has 0 heterocycles. The van der Waals surface area contributed by atoms with E-state index in [0.717, 1.165) is 12.8 Å². The van der Waals surface area contributed by atoms with E-state index in [0.29, 0.717) is 29.2 Å². The van der Waals surface area contributed by atoms with Gasteiger partial charge in [0.25, 0.3) is 5.91 Å². The Labute approximate surface area is 111 Å². The van der Waals surface area contributed by atoms with Gasteiger partial charge in [-0.05, 0) is 31.0 Å². The molecule has 1 fully saturated rings. The number of nitrogens with zero attached hydrogens (tertiary/aromatic N) is 2. The Morgan fingerprint density at radius 3 is 2.78 bits per heavy atom. The van der Waals surface area contributed by atoms with Crippen molar-refractivity contribution in [2.45, 2.75) is 25.3 Å². The number of hydrogen-bond donors (Lipinski definition) is 1. The number of anilines is 1. The van der Waals surface area contributed by atoms with Gasteiger partial charge in [-0.3, -0.25) is 4.79 Å². The van der Waals surface area contributed by atoms with Crippen LogP contribution in [0, 0.1) is 11.3 Å². The third kappa shape index (κ3) is 2.93. The van der Waals surface area contributed by atoms with E-state index >= 15 is 0 Å². The van der Waals surface area contributed by atoms with E-state index in [9.17, 15) is 4.79 Å². The van der Waals surface area contributed by atoms with Crippen molar-refractivity contribution in [1.29, 1.82) is 5.26 Å². The molecule has 0 aromatic heterocycles. The lowest BCUT2D eigenvalue weighted by atomic mass is 10.1. The SMILES string of the molecule is N#CCCN(C(=O)c1cc(N)cc(Cl)c1)C1CC1. The minimum Gasteiger partial charge on any atom is -0.399 e. The summed E-state index contributed by atoms with van der Waals surface area (Å²) in [6, 6.07) is 7.18. The maximum absolute atomic E-state index is 12.3. The van der Waals surface area contributed by atoms with E-state index in [2.05, 4.69) is 6.07 Å². The maximum Gasteiger partial charge on any atom is 0.254 e. The Bertz CT molecular complexity index is 485. The van der Waals surface area contributed by atoms with Crippen LogP contribution < -0.4 is 5.73 Å². The van der Waals surface area contributed by atoms with Gasteiger partial charge in [0.05, 0.1) is 12.5 Å². The maximum atomic E-state index is 12.3. The summed E-state index contributed by atoms with van der Waals surface area (Å²) in [5.74, 6) is -0.0954. The van der Waals surface area contributed by atoms with Crippen LogP contribution in [0.15, 0.2) is 18.2 Å². The molecule has 2 N–H and O–H groups in total. The molecular weight excluding hydrogens is 250 g/mol. The van der Waals surface area contributed by atoms with E-state index in [-0.39, 0.29) is 11.9 Å². The molecular formula is C13H14ClN3O. The number of nitrogen functional groups attached to an aromatic ring is 1. The number of carbonyl (C=O) groups excluding carboxylic acids is 1. The van der Waals surface area contributed by atoms with E-state index in [1.54, 1.807) is 23.1 Å². The fourth-order valence-electron chi connectivity index (χ4n) is 1.91. The largest absolute Gasteiger partial charge is 0.399 e. The van der Waals surface area contributed by atoms with Crippen molar-refractivity contribution in [2.75, 3.05) is 12.3 Å². The molecule has 4 nitrogen and oxygen atoms in total. The minimum absolute atomic E-state index is 0.0954. The van der Waals surface area contributed by atoms with Gasteiger partial charge in [-0.15, -0.1) is 0 Å². The Balaban J connectivity index is 2.19. The summed E-state index contributed by atoms with van der Waals surface area (Å²) in [5, 5.41) is 9.08. The van der Waals surface area contributed by atoms with Gasteiger partial charge in [-0.25, -0.2) is 0 Å². The number of nitriles is 1. The van der Waals surface area contributed by atoms with Crippen molar-refractivity contribution in [3.05, 3.63) is 28.8 Å². The summed E-state index contributed by atoms with van der Waals surface area (Å²) in [4.78, 5) is 14.1. The lowest BCUT2D eigenvalue weighted by Gasteiger charge is -2.21. The quantitative estimate of drug-likeness (QED) is 0.848. The van der Waals surface area contributed by atoms with Crippen LogP contribution >= 0.6 is 11.6 Å². The highest BCUT2D eigenvalue weighted by atomic mass is 35.5. The van der Waals surface area contributed by atoms with Crippen LogP contribution in [0.4, 0.5) is 5.69 Å². The summed E-state index contributed by atoms with van der Waals surface area (Å²) in [6.45, 7) is 0.465. The normalized spacial score (nSPS) is 14.0. The zero-order valence-corrected chi connectivity index (χ0v) is 10.7. The lowest BCUT2D eigenvalue weighted by Crippen LogP contribution is -2.34. The Morgan fingerprint density at radius 1 is 1.50 bits per heavy atom. The van der Waals surface area contributed by atoms with Crippen LogP contribution in [-0.4, -0.2) is 23.4 Å². The minimum atomic E-state index is -0.0954. The van der Waals surface area contributed by atoms with Gasteiger partial charge in [0.15, 0.2) is 0 Å². The van der Waals surface area contributed by atoms with Gasteiger partial charge in [0, 0.05) is 28.9 Å². The number of rotatable bonds is 4. The molecule has 5 heteroatoms. The average molecular weight is 264 g/mol. The first kappa shape index (κ1) is 12.7. The molecule has 0 radical (unpaired) electrons. The van der Waals surface area contributed by atoms with Crippen molar-refractivity contribution in [2.24, 2.45) is 0 Å². The summed E-state index contributed by atoms with van der Waals surface area (Å²) in [7, 11) is 0. The molecule has 1 aliphatic rings. The Hall–Kier alpha value is -1.73. The first-order chi connectivity index (χ1) is 8.61. The third-order valence-electron chi connectivity index (χ3n) is 2.88. The lowest BCUT2D eigenvalue weighted by molar-refractivity contribution is 0.0747. The molecule has 1 aliphatic carbocycles. The Morgan fingerprint density at radius 2 is 2.22 bits per heavy atom. The first-order valence-electron chi connectivity index (χ1n) is 5.86. The molecule has 0 atom stereocenters. The highest BCUT2D eigenvalue weighted by Crippen LogP contribution is 2.29. The van der Waals surface area contributed by atoms with Crippen LogP contribution in [0.1, 0.15) is 29.6 Å². The molecule has 1 aromatic rings. The van der Waals surface area contributed by atoms with Crippen molar-refractivity contribution >= 4 is 23.2 Å². The summed E-state index contributed by atoms with van der Waals surface area (Å²) >= 11 is 5.90. The molecule has 1 amide bonds. The molecule has 2 rings (SSSR count). The molecule has 1 saturated carbocycles. The highest BCUT2D eigenvalue weighted by molar-refractivity contribution is 6.31. The smallest absolute Gasteiger partial charge is 0.254 e. The van der Waals surface area contributed by atoms with E-state index in [1.807, 2.05) is 0 Å². The predicted molar refractivity (Wildman–Crippen MR) is 70.2 cm³/mol. The molecule has 0 saturated heterocycles. The van der Waals surface area contributed by atoms with Gasteiger partial charge < -0.3 is 10.6 Å². The zero-order valence-electron chi connectivity index (χ0n) is 9.90. The standard InChI is InChI=1S/C13H14ClN3O/c14-10-6-9(7-11(16)8-10)13(18)17(5-1-4-15)12-2-3-12/h6-8,12H,1-3,5,16H2. The molecule has 1 aromatic carbocycles. The number of carbonyl (C=O) groups is 1. The van der Waals surface area contributed by atoms with Gasteiger partial charge in [-0.2, -0.15) is 5.26 Å². The fourth-order valence-corrected chi connectivity index (χ4v) is 2.15. The molecule has 0 aliphatic heterocycles. The number of nitrogens with two attached hydrogens (primary N) is 1. The zero-order chi connectivity index (χ0) is 13.1. The van der Waals surface area contributed by atoms with Crippen molar-refractivity contribution < 1.29 is 4.79 Å². The summed E-state index contributed by atoms with van der Waals surface area (Å²) < 4.78 is 0. The van der Waals surface area contributed by atoms with Crippen LogP contribution in [0.2, 0.25) is 5.02 Å². The first-order valence-corrected chi connectivity index (χ1v) is 6.23. The van der Waals surface area contributed by atoms with Gasteiger partial charge in [0.1, 0.15) is 0 Å². The van der Waals surface area contributed by atoms with Gasteiger partial charge in [-0.1, -0.05) is 11.6 Å². The number of halogens is 1. The second kappa shape index (κ2) is 5.28. The van der Waals surface area contributed by atoms with Crippen molar-refractivity contribution in [3.63, 3.8) is 0 Å². The van der Waals surface area contributed by atoms with Crippen LogP contribution in [0.3, 0.4) is 0 Å². The van der Waals surface area contributed by atoms with Crippen molar-refractivity contribution in [1.82, 2.24) is 4.90 Å². The number of hydrogen-bond acceptors (Lipinski definition) is 3. The molecule has 18 heavy (non-hydrogen) atoms. The van der Waals surface area contributed by atoms with Crippen molar-refractivity contribution in [3.8, 4) is 6.07 Å². The molecule has 0 unspecified atom stereocenters. The molecule has 94 valence electrons. The fraction of sp³-hybridized carbons (Fsp3) is 0.385. The van der Waals surface area contributed by atoms with Gasteiger partial charge in [0.2, 0.25) is 0 Å². The summed E-state index contributed by atoms with van der Waals surface area (Å²) in [5.41, 5.74) is 6.65. The molecule has 0 spiro atoms. The van der Waals surface area contributed by atoms with Gasteiger partial charge >= 0.3 is 0 Å². The number of amides is 1. The second-order valence-corrected chi connectivity index (χ2v) is 4.85. The summed E-state index contributed by atoms with van der Waals surface area (Å²) in [6.07, 6.45) is 2.36. The monoisotopic (exact) mass is 263 g/mol. The van der Waals surface area contributed by atoms with Crippen LogP contribution in [0.25, 0.3) is 0 Å². The van der Waals surface area contributed by atoms with Crippen LogP contribution in [-0.2, 0) is 0 Å². The van der Waals surface area contributed by atoms with E-state index in [1.165, 1.54) is 0 Å². The third-order valence-corrected chi connectivity index (χ3v) is 3.10. The molecule has 0 bridgehead atoms. The van der Waals surface area contributed by atoms with E-state index < -0.39 is 0 Å².